The minimum atomic E-state index is -0.957. The van der Waals surface area contributed by atoms with Crippen LogP contribution in [0.25, 0.3) is 0 Å². The van der Waals surface area contributed by atoms with Crippen molar-refractivity contribution in [2.75, 3.05) is 0 Å². The Kier molecular flexibility index (Phi) is 3.08. The molecule has 1 saturated carbocycles. The molecule has 0 radical (unpaired) electrons. The van der Waals surface area contributed by atoms with E-state index in [0.717, 1.165) is 19.3 Å². The molecule has 0 heterocycles. The Hall–Kier alpha value is -1.06. The van der Waals surface area contributed by atoms with Gasteiger partial charge in [-0.25, -0.2) is 0 Å². The van der Waals surface area contributed by atoms with Crippen molar-refractivity contribution in [1.29, 1.82) is 0 Å². The highest BCUT2D eigenvalue weighted by molar-refractivity contribution is 5.41. The van der Waals surface area contributed by atoms with Gasteiger partial charge in [0.1, 0.15) is 0 Å². The Balaban J connectivity index is 2.55. The van der Waals surface area contributed by atoms with Gasteiger partial charge < -0.3 is 9.47 Å². The molecule has 0 aliphatic heterocycles. The molecule has 4 nitrogen and oxygen atoms in total. The van der Waals surface area contributed by atoms with Gasteiger partial charge in [-0.2, -0.15) is 0 Å². The number of rotatable bonds is 4. The molecule has 12 heavy (non-hydrogen) atoms. The van der Waals surface area contributed by atoms with Gasteiger partial charge in [0.25, 0.3) is 18.7 Å². The van der Waals surface area contributed by atoms with Crippen LogP contribution in [-0.4, -0.2) is 18.7 Å². The van der Waals surface area contributed by atoms with Crippen molar-refractivity contribution in [2.45, 2.75) is 37.9 Å². The van der Waals surface area contributed by atoms with Crippen LogP contribution in [0.2, 0.25) is 0 Å². The fraction of sp³-hybridized carbons (Fsp3) is 0.750. The SMILES string of the molecule is O=COC1(OC=O)CCCCC1. The third-order valence-electron chi connectivity index (χ3n) is 2.14. The zero-order valence-electron chi connectivity index (χ0n) is 6.82. The van der Waals surface area contributed by atoms with Crippen molar-refractivity contribution in [2.24, 2.45) is 0 Å². The minimum Gasteiger partial charge on any atom is -0.425 e. The summed E-state index contributed by atoms with van der Waals surface area (Å²) >= 11 is 0. The first kappa shape index (κ1) is 9.03. The lowest BCUT2D eigenvalue weighted by molar-refractivity contribution is -0.221. The topological polar surface area (TPSA) is 52.6 Å². The molecule has 0 saturated heterocycles. The zero-order chi connectivity index (χ0) is 8.86. The van der Waals surface area contributed by atoms with Crippen molar-refractivity contribution in [1.82, 2.24) is 0 Å². The Morgan fingerprint density at radius 2 is 1.42 bits per heavy atom. The Labute approximate surface area is 70.8 Å². The van der Waals surface area contributed by atoms with Gasteiger partial charge in [-0.15, -0.1) is 0 Å². The Morgan fingerprint density at radius 3 is 1.83 bits per heavy atom. The van der Waals surface area contributed by atoms with Crippen LogP contribution in [0, 0.1) is 0 Å². The van der Waals surface area contributed by atoms with Crippen molar-refractivity contribution >= 4 is 12.9 Å². The van der Waals surface area contributed by atoms with Gasteiger partial charge in [0.2, 0.25) is 0 Å². The molecule has 68 valence electrons. The number of ether oxygens (including phenoxy) is 2. The van der Waals surface area contributed by atoms with Crippen LogP contribution < -0.4 is 0 Å². The van der Waals surface area contributed by atoms with Crippen LogP contribution in [0.15, 0.2) is 0 Å². The summed E-state index contributed by atoms with van der Waals surface area (Å²) in [5, 5.41) is 0. The first-order valence-electron chi connectivity index (χ1n) is 4.06. The molecular formula is C8H12O4. The molecule has 0 amide bonds. The number of carbonyl (C=O) groups is 2. The quantitative estimate of drug-likeness (QED) is 0.468. The lowest BCUT2D eigenvalue weighted by atomic mass is 9.94. The molecule has 0 spiro atoms. The van der Waals surface area contributed by atoms with Crippen molar-refractivity contribution in [3.05, 3.63) is 0 Å². The maximum Gasteiger partial charge on any atom is 0.296 e. The molecule has 0 N–H and O–H groups in total. The Morgan fingerprint density at radius 1 is 0.917 bits per heavy atom. The predicted molar refractivity (Wildman–Crippen MR) is 40.1 cm³/mol. The van der Waals surface area contributed by atoms with E-state index < -0.39 is 5.79 Å². The van der Waals surface area contributed by atoms with Crippen LogP contribution in [0.3, 0.4) is 0 Å². The molecule has 1 aliphatic carbocycles. The number of hydrogen-bond acceptors (Lipinski definition) is 4. The normalized spacial score (nSPS) is 21.0. The largest absolute Gasteiger partial charge is 0.425 e. The predicted octanol–water partition coefficient (Wildman–Crippen LogP) is 0.993. The van der Waals surface area contributed by atoms with E-state index in [1.807, 2.05) is 0 Å². The molecule has 0 unspecified atom stereocenters. The molecule has 0 aromatic heterocycles. The van der Waals surface area contributed by atoms with E-state index in [4.69, 9.17) is 9.47 Å². The average molecular weight is 172 g/mol. The zero-order valence-corrected chi connectivity index (χ0v) is 6.82. The fourth-order valence-corrected chi connectivity index (χ4v) is 1.53. The highest BCUT2D eigenvalue weighted by Gasteiger charge is 2.35. The van der Waals surface area contributed by atoms with Crippen molar-refractivity contribution in [3.8, 4) is 0 Å². The second-order valence-corrected chi connectivity index (χ2v) is 2.90. The van der Waals surface area contributed by atoms with Crippen molar-refractivity contribution in [3.63, 3.8) is 0 Å². The summed E-state index contributed by atoms with van der Waals surface area (Å²) < 4.78 is 9.55. The van der Waals surface area contributed by atoms with E-state index in [9.17, 15) is 9.59 Å². The van der Waals surface area contributed by atoms with Gasteiger partial charge in [-0.3, -0.25) is 9.59 Å². The summed E-state index contributed by atoms with van der Waals surface area (Å²) in [5.74, 6) is -0.957. The van der Waals surface area contributed by atoms with Crippen LogP contribution in [0.5, 0.6) is 0 Å². The summed E-state index contributed by atoms with van der Waals surface area (Å²) in [4.78, 5) is 20.3. The monoisotopic (exact) mass is 172 g/mol. The highest BCUT2D eigenvalue weighted by atomic mass is 16.7. The van der Waals surface area contributed by atoms with E-state index in [0.29, 0.717) is 25.8 Å². The lowest BCUT2D eigenvalue weighted by Crippen LogP contribution is -2.37. The first-order chi connectivity index (χ1) is 5.83. The summed E-state index contributed by atoms with van der Waals surface area (Å²) in [6, 6.07) is 0. The smallest absolute Gasteiger partial charge is 0.296 e. The van der Waals surface area contributed by atoms with Crippen LogP contribution in [0.1, 0.15) is 32.1 Å². The van der Waals surface area contributed by atoms with Gasteiger partial charge in [-0.1, -0.05) is 6.42 Å². The molecule has 1 aliphatic rings. The van der Waals surface area contributed by atoms with E-state index >= 15 is 0 Å². The maximum absolute atomic E-state index is 10.1. The number of carbonyl (C=O) groups excluding carboxylic acids is 2. The van der Waals surface area contributed by atoms with Gasteiger partial charge >= 0.3 is 0 Å². The third-order valence-corrected chi connectivity index (χ3v) is 2.14. The molecule has 0 bridgehead atoms. The standard InChI is InChI=1S/C8H12O4/c9-6-11-8(12-7-10)4-2-1-3-5-8/h6-7H,1-5H2. The Bertz CT molecular complexity index is 148. The van der Waals surface area contributed by atoms with Gasteiger partial charge in [0.15, 0.2) is 0 Å². The van der Waals surface area contributed by atoms with E-state index in [2.05, 4.69) is 0 Å². The van der Waals surface area contributed by atoms with Gasteiger partial charge in [0, 0.05) is 12.8 Å². The second kappa shape index (κ2) is 4.09. The third kappa shape index (κ3) is 1.96. The van der Waals surface area contributed by atoms with Crippen molar-refractivity contribution < 1.29 is 19.1 Å². The van der Waals surface area contributed by atoms with E-state index in [1.165, 1.54) is 0 Å². The highest BCUT2D eigenvalue weighted by Crippen LogP contribution is 2.31. The summed E-state index contributed by atoms with van der Waals surface area (Å²) in [5.41, 5.74) is 0. The number of hydrogen-bond donors (Lipinski definition) is 0. The average Bonchev–Trinajstić information content (AvgIpc) is 2.07. The summed E-state index contributed by atoms with van der Waals surface area (Å²) in [6.07, 6.45) is 4.20. The van der Waals surface area contributed by atoms with Gasteiger partial charge in [-0.05, 0) is 12.8 Å². The maximum atomic E-state index is 10.1. The van der Waals surface area contributed by atoms with Crippen LogP contribution >= 0.6 is 0 Å². The second-order valence-electron chi connectivity index (χ2n) is 2.90. The molecular weight excluding hydrogens is 160 g/mol. The molecule has 4 heteroatoms. The molecule has 1 rings (SSSR count). The lowest BCUT2D eigenvalue weighted by Gasteiger charge is -2.32. The van der Waals surface area contributed by atoms with Crippen LogP contribution in [0.4, 0.5) is 0 Å². The fourth-order valence-electron chi connectivity index (χ4n) is 1.53. The van der Waals surface area contributed by atoms with Crippen LogP contribution in [-0.2, 0) is 19.1 Å². The van der Waals surface area contributed by atoms with E-state index in [-0.39, 0.29) is 0 Å². The molecule has 1 fully saturated rings. The minimum absolute atomic E-state index is 0.342. The molecule has 0 aromatic carbocycles. The summed E-state index contributed by atoms with van der Waals surface area (Å²) in [6.45, 7) is 0.684. The molecule has 0 atom stereocenters. The van der Waals surface area contributed by atoms with Gasteiger partial charge in [0.05, 0.1) is 0 Å². The van der Waals surface area contributed by atoms with E-state index in [1.54, 1.807) is 0 Å². The first-order valence-corrected chi connectivity index (χ1v) is 4.06. The summed E-state index contributed by atoms with van der Waals surface area (Å²) in [7, 11) is 0. The molecule has 0 aromatic rings.